The average molecular weight is 317 g/mol. The molecule has 0 saturated heterocycles. The molecule has 0 radical (unpaired) electrons. The van der Waals surface area contributed by atoms with Crippen LogP contribution in [0.1, 0.15) is 26.7 Å². The second-order valence-electron chi connectivity index (χ2n) is 5.80. The minimum absolute atomic E-state index is 0.0152. The number of carbonyl (C=O) groups excluding carboxylic acids is 2. The Labute approximate surface area is 128 Å². The van der Waals surface area contributed by atoms with Crippen LogP contribution in [0.25, 0.3) is 0 Å². The molecule has 8 heteroatoms. The van der Waals surface area contributed by atoms with Gasteiger partial charge in [-0.3, -0.25) is 14.4 Å². The second kappa shape index (κ2) is 7.13. The number of nitrogens with two attached hydrogens (primary N) is 1. The van der Waals surface area contributed by atoms with E-state index in [-0.39, 0.29) is 30.2 Å². The summed E-state index contributed by atoms with van der Waals surface area (Å²) in [4.78, 5) is 35.8. The number of carboxylic acids is 1. The number of carboxylic acid groups (broad SMARTS) is 1. The Hall–Kier alpha value is -1.28. The quantitative estimate of drug-likeness (QED) is 0.564. The van der Waals surface area contributed by atoms with Gasteiger partial charge in [0.25, 0.3) is 0 Å². The first-order chi connectivity index (χ1) is 9.63. The predicted molar refractivity (Wildman–Crippen MR) is 80.9 cm³/mol. The average Bonchev–Trinajstić information content (AvgIpc) is 3.18. The SMILES string of the molecule is CN(CC(=O)NC1CC1)C(=O)CSC(C)(C)[C@@H](N)C(=O)O. The summed E-state index contributed by atoms with van der Waals surface area (Å²) < 4.78 is -0.765. The highest BCUT2D eigenvalue weighted by Crippen LogP contribution is 2.27. The molecule has 0 bridgehead atoms. The third-order valence-corrected chi connectivity index (χ3v) is 4.72. The summed E-state index contributed by atoms with van der Waals surface area (Å²) in [6, 6.07) is -0.790. The summed E-state index contributed by atoms with van der Waals surface area (Å²) in [7, 11) is 1.56. The number of hydrogen-bond donors (Lipinski definition) is 3. The number of aliphatic carboxylic acids is 1. The number of carbonyl (C=O) groups is 3. The van der Waals surface area contributed by atoms with Crippen molar-refractivity contribution in [3.8, 4) is 0 Å². The lowest BCUT2D eigenvalue weighted by Crippen LogP contribution is -2.47. The first-order valence-corrected chi connectivity index (χ1v) is 7.77. The third-order valence-electron chi connectivity index (χ3n) is 3.33. The zero-order valence-electron chi connectivity index (χ0n) is 12.6. The van der Waals surface area contributed by atoms with Crippen LogP contribution < -0.4 is 11.1 Å². The highest BCUT2D eigenvalue weighted by Gasteiger charge is 2.33. The summed E-state index contributed by atoms with van der Waals surface area (Å²) in [6.45, 7) is 3.38. The Morgan fingerprint density at radius 1 is 1.43 bits per heavy atom. The molecule has 0 heterocycles. The van der Waals surface area contributed by atoms with Gasteiger partial charge in [0.05, 0.1) is 12.3 Å². The minimum atomic E-state index is -1.10. The largest absolute Gasteiger partial charge is 0.480 e. The van der Waals surface area contributed by atoms with Crippen LogP contribution >= 0.6 is 11.8 Å². The van der Waals surface area contributed by atoms with Crippen LogP contribution in [0.3, 0.4) is 0 Å². The lowest BCUT2D eigenvalue weighted by Gasteiger charge is -2.28. The number of amides is 2. The fourth-order valence-electron chi connectivity index (χ4n) is 1.55. The minimum Gasteiger partial charge on any atom is -0.480 e. The Bertz CT molecular complexity index is 424. The predicted octanol–water partition coefficient (Wildman–Crippen LogP) is -0.353. The van der Waals surface area contributed by atoms with E-state index in [4.69, 9.17) is 10.8 Å². The molecular weight excluding hydrogens is 294 g/mol. The number of nitrogens with zero attached hydrogens (tertiary/aromatic N) is 1. The van der Waals surface area contributed by atoms with Gasteiger partial charge < -0.3 is 21.1 Å². The van der Waals surface area contributed by atoms with Gasteiger partial charge in [0.15, 0.2) is 0 Å². The van der Waals surface area contributed by atoms with Crippen LogP contribution in [-0.4, -0.2) is 64.0 Å². The summed E-state index contributed by atoms with van der Waals surface area (Å²) >= 11 is 1.18. The number of hydrogen-bond acceptors (Lipinski definition) is 5. The van der Waals surface area contributed by atoms with Crippen molar-refractivity contribution in [1.82, 2.24) is 10.2 Å². The van der Waals surface area contributed by atoms with Gasteiger partial charge in [0, 0.05) is 17.8 Å². The Balaban J connectivity index is 2.37. The number of likely N-dealkylation sites (N-methyl/N-ethyl adjacent to an activating group) is 1. The van der Waals surface area contributed by atoms with E-state index in [9.17, 15) is 14.4 Å². The Morgan fingerprint density at radius 2 is 2.00 bits per heavy atom. The normalized spacial score (nSPS) is 16.2. The standard InChI is InChI=1S/C13H23N3O4S/c1-13(2,11(14)12(19)20)21-7-10(18)16(3)6-9(17)15-8-4-5-8/h8,11H,4-7,14H2,1-3H3,(H,15,17)(H,19,20)/t11-/m0/s1. The van der Waals surface area contributed by atoms with Crippen molar-refractivity contribution in [2.24, 2.45) is 5.73 Å². The first-order valence-electron chi connectivity index (χ1n) is 6.79. The smallest absolute Gasteiger partial charge is 0.321 e. The van der Waals surface area contributed by atoms with E-state index in [0.29, 0.717) is 0 Å². The van der Waals surface area contributed by atoms with Crippen LogP contribution in [0.15, 0.2) is 0 Å². The molecule has 0 spiro atoms. The van der Waals surface area contributed by atoms with E-state index in [1.165, 1.54) is 16.7 Å². The van der Waals surface area contributed by atoms with E-state index in [0.717, 1.165) is 12.8 Å². The summed E-state index contributed by atoms with van der Waals surface area (Å²) in [5, 5.41) is 11.7. The molecule has 0 aliphatic heterocycles. The van der Waals surface area contributed by atoms with Crippen molar-refractivity contribution in [2.45, 2.75) is 43.5 Å². The maximum Gasteiger partial charge on any atom is 0.321 e. The Kier molecular flexibility index (Phi) is 6.03. The highest BCUT2D eigenvalue weighted by atomic mass is 32.2. The summed E-state index contributed by atoms with van der Waals surface area (Å²) in [5.74, 6) is -1.41. The molecule has 7 nitrogen and oxygen atoms in total. The third kappa shape index (κ3) is 5.92. The molecule has 1 aliphatic carbocycles. The van der Waals surface area contributed by atoms with E-state index in [2.05, 4.69) is 5.32 Å². The lowest BCUT2D eigenvalue weighted by atomic mass is 10.1. The van der Waals surface area contributed by atoms with Crippen LogP contribution in [0.4, 0.5) is 0 Å². The number of thioether (sulfide) groups is 1. The molecule has 4 N–H and O–H groups in total. The number of nitrogens with one attached hydrogen (secondary N) is 1. The van der Waals surface area contributed by atoms with Crippen molar-refractivity contribution in [3.63, 3.8) is 0 Å². The van der Waals surface area contributed by atoms with Gasteiger partial charge in [0.2, 0.25) is 11.8 Å². The van der Waals surface area contributed by atoms with Gasteiger partial charge >= 0.3 is 5.97 Å². The summed E-state index contributed by atoms with van der Waals surface area (Å²) in [6.07, 6.45) is 2.00. The zero-order valence-corrected chi connectivity index (χ0v) is 13.4. The van der Waals surface area contributed by atoms with E-state index in [1.54, 1.807) is 20.9 Å². The molecule has 1 rings (SSSR count). The van der Waals surface area contributed by atoms with Gasteiger partial charge in [-0.15, -0.1) is 11.8 Å². The zero-order chi connectivity index (χ0) is 16.2. The van der Waals surface area contributed by atoms with Gasteiger partial charge in [-0.2, -0.15) is 0 Å². The van der Waals surface area contributed by atoms with Crippen molar-refractivity contribution >= 4 is 29.5 Å². The molecule has 0 aromatic rings. The molecule has 1 atom stereocenters. The molecule has 1 saturated carbocycles. The van der Waals surface area contributed by atoms with Crippen LogP contribution in [-0.2, 0) is 14.4 Å². The van der Waals surface area contributed by atoms with Crippen molar-refractivity contribution in [1.29, 1.82) is 0 Å². The van der Waals surface area contributed by atoms with Crippen LogP contribution in [0.5, 0.6) is 0 Å². The fraction of sp³-hybridized carbons (Fsp3) is 0.769. The van der Waals surface area contributed by atoms with Crippen LogP contribution in [0.2, 0.25) is 0 Å². The monoisotopic (exact) mass is 317 g/mol. The molecule has 0 aromatic heterocycles. The van der Waals surface area contributed by atoms with E-state index >= 15 is 0 Å². The highest BCUT2D eigenvalue weighted by molar-refractivity contribution is 8.01. The van der Waals surface area contributed by atoms with Gasteiger partial charge in [0.1, 0.15) is 6.04 Å². The van der Waals surface area contributed by atoms with Gasteiger partial charge in [-0.05, 0) is 26.7 Å². The van der Waals surface area contributed by atoms with Crippen LogP contribution in [0, 0.1) is 0 Å². The molecule has 0 unspecified atom stereocenters. The molecule has 120 valence electrons. The van der Waals surface area contributed by atoms with Crippen molar-refractivity contribution in [3.05, 3.63) is 0 Å². The van der Waals surface area contributed by atoms with E-state index in [1.807, 2.05) is 0 Å². The topological polar surface area (TPSA) is 113 Å². The first kappa shape index (κ1) is 17.8. The fourth-order valence-corrected chi connectivity index (χ4v) is 2.55. The van der Waals surface area contributed by atoms with Gasteiger partial charge in [-0.1, -0.05) is 0 Å². The van der Waals surface area contributed by atoms with Crippen molar-refractivity contribution in [2.75, 3.05) is 19.3 Å². The maximum atomic E-state index is 12.0. The van der Waals surface area contributed by atoms with E-state index < -0.39 is 16.8 Å². The molecule has 1 fully saturated rings. The second-order valence-corrected chi connectivity index (χ2v) is 7.43. The Morgan fingerprint density at radius 3 is 2.48 bits per heavy atom. The van der Waals surface area contributed by atoms with Crippen molar-refractivity contribution < 1.29 is 19.5 Å². The number of rotatable bonds is 8. The maximum absolute atomic E-state index is 12.0. The molecule has 1 aliphatic rings. The summed E-state index contributed by atoms with van der Waals surface area (Å²) in [5.41, 5.74) is 5.59. The molecular formula is C13H23N3O4S. The lowest BCUT2D eigenvalue weighted by molar-refractivity contribution is -0.139. The van der Waals surface area contributed by atoms with Gasteiger partial charge in [-0.25, -0.2) is 0 Å². The molecule has 0 aromatic carbocycles. The molecule has 2 amide bonds. The molecule has 21 heavy (non-hydrogen) atoms.